The predicted molar refractivity (Wildman–Crippen MR) is 78.2 cm³/mol. The van der Waals surface area contributed by atoms with Crippen molar-refractivity contribution in [1.29, 1.82) is 0 Å². The third-order valence-electron chi connectivity index (χ3n) is 3.48. The number of aliphatic hydroxyl groups excluding tert-OH is 1. The van der Waals surface area contributed by atoms with E-state index in [1.54, 1.807) is 29.2 Å². The van der Waals surface area contributed by atoms with Gasteiger partial charge in [0.2, 0.25) is 5.91 Å². The molecule has 0 bridgehead atoms. The highest BCUT2D eigenvalue weighted by Gasteiger charge is 2.29. The van der Waals surface area contributed by atoms with E-state index in [0.29, 0.717) is 31.5 Å². The van der Waals surface area contributed by atoms with Gasteiger partial charge in [0.25, 0.3) is 5.91 Å². The van der Waals surface area contributed by atoms with Crippen LogP contribution in [0.15, 0.2) is 24.3 Å². The summed E-state index contributed by atoms with van der Waals surface area (Å²) in [4.78, 5) is 25.1. The van der Waals surface area contributed by atoms with Gasteiger partial charge in [-0.2, -0.15) is 0 Å². The molecule has 1 fully saturated rings. The van der Waals surface area contributed by atoms with E-state index >= 15 is 0 Å². The summed E-state index contributed by atoms with van der Waals surface area (Å²) in [6.45, 7) is 0.996. The van der Waals surface area contributed by atoms with Crippen molar-refractivity contribution in [3.63, 3.8) is 0 Å². The molecule has 110 valence electrons. The second-order valence-corrected chi connectivity index (χ2v) is 4.99. The number of rotatable bonds is 3. The van der Waals surface area contributed by atoms with Crippen LogP contribution in [0.3, 0.4) is 0 Å². The highest BCUT2D eigenvalue weighted by Crippen LogP contribution is 2.18. The molecular weight excluding hydrogens is 268 g/mol. The van der Waals surface area contributed by atoms with Gasteiger partial charge >= 0.3 is 0 Å². The smallest absolute Gasteiger partial charge is 0.253 e. The first kappa shape index (κ1) is 15.1. The van der Waals surface area contributed by atoms with Crippen LogP contribution in [-0.2, 0) is 4.79 Å². The summed E-state index contributed by atoms with van der Waals surface area (Å²) in [5, 5.41) is 8.66. The molecule has 2 amide bonds. The Kier molecular flexibility index (Phi) is 4.96. The normalized spacial score (nSPS) is 17.2. The third kappa shape index (κ3) is 3.83. The molecule has 1 aliphatic rings. The molecule has 0 saturated carbocycles. The fourth-order valence-corrected chi connectivity index (χ4v) is 2.28. The van der Waals surface area contributed by atoms with Crippen molar-refractivity contribution in [2.75, 3.05) is 19.7 Å². The molecule has 1 aromatic rings. The van der Waals surface area contributed by atoms with E-state index in [1.165, 1.54) is 0 Å². The van der Waals surface area contributed by atoms with Crippen LogP contribution in [0, 0.1) is 17.8 Å². The third-order valence-corrected chi connectivity index (χ3v) is 3.48. The number of amides is 2. The first-order chi connectivity index (χ1) is 10.1. The zero-order valence-corrected chi connectivity index (χ0v) is 11.7. The minimum absolute atomic E-state index is 0.0412. The fourth-order valence-electron chi connectivity index (χ4n) is 2.28. The molecule has 0 spiro atoms. The molecule has 21 heavy (non-hydrogen) atoms. The molecule has 0 aliphatic carbocycles. The molecule has 1 aromatic carbocycles. The Morgan fingerprint density at radius 1 is 1.33 bits per heavy atom. The first-order valence-corrected chi connectivity index (χ1v) is 6.90. The molecule has 2 rings (SSSR count). The molecule has 1 saturated heterocycles. The molecule has 5 nitrogen and oxygen atoms in total. The Morgan fingerprint density at radius 3 is 2.62 bits per heavy atom. The van der Waals surface area contributed by atoms with Crippen LogP contribution >= 0.6 is 0 Å². The van der Waals surface area contributed by atoms with Crippen LogP contribution < -0.4 is 5.73 Å². The van der Waals surface area contributed by atoms with Gasteiger partial charge in [-0.25, -0.2) is 0 Å². The van der Waals surface area contributed by atoms with Gasteiger partial charge in [0.05, 0.1) is 12.5 Å². The molecule has 1 heterocycles. The fraction of sp³-hybridized carbons (Fsp3) is 0.375. The van der Waals surface area contributed by atoms with Crippen LogP contribution in [0.2, 0.25) is 0 Å². The zero-order valence-electron chi connectivity index (χ0n) is 11.7. The second-order valence-electron chi connectivity index (χ2n) is 4.99. The zero-order chi connectivity index (χ0) is 15.2. The Hall–Kier alpha value is -2.32. The van der Waals surface area contributed by atoms with E-state index in [9.17, 15) is 9.59 Å². The average Bonchev–Trinajstić information content (AvgIpc) is 2.97. The lowest BCUT2D eigenvalue weighted by Crippen LogP contribution is -2.31. The number of nitrogens with zero attached hydrogens (tertiary/aromatic N) is 1. The predicted octanol–water partition coefficient (Wildman–Crippen LogP) is 0.368. The van der Waals surface area contributed by atoms with Gasteiger partial charge < -0.3 is 15.7 Å². The summed E-state index contributed by atoms with van der Waals surface area (Å²) in [6, 6.07) is 7.00. The minimum atomic E-state index is -0.347. The number of benzene rings is 1. The van der Waals surface area contributed by atoms with E-state index in [4.69, 9.17) is 10.8 Å². The Labute approximate surface area is 123 Å². The lowest BCUT2D eigenvalue weighted by molar-refractivity contribution is -0.121. The molecule has 3 N–H and O–H groups in total. The van der Waals surface area contributed by atoms with E-state index in [1.807, 2.05) is 0 Å². The number of hydrogen-bond donors (Lipinski definition) is 2. The van der Waals surface area contributed by atoms with E-state index < -0.39 is 0 Å². The lowest BCUT2D eigenvalue weighted by atomic mass is 10.1. The number of likely N-dealkylation sites (tertiary alicyclic amines) is 1. The van der Waals surface area contributed by atoms with Crippen molar-refractivity contribution in [3.8, 4) is 11.8 Å². The average molecular weight is 286 g/mol. The van der Waals surface area contributed by atoms with E-state index in [2.05, 4.69) is 11.8 Å². The summed E-state index contributed by atoms with van der Waals surface area (Å²) < 4.78 is 0. The maximum Gasteiger partial charge on any atom is 0.253 e. The van der Waals surface area contributed by atoms with Crippen LogP contribution in [0.5, 0.6) is 0 Å². The van der Waals surface area contributed by atoms with Gasteiger partial charge in [-0.05, 0) is 30.7 Å². The number of hydrogen-bond acceptors (Lipinski definition) is 3. The molecule has 1 atom stereocenters. The van der Waals surface area contributed by atoms with Crippen LogP contribution in [-0.4, -0.2) is 41.5 Å². The van der Waals surface area contributed by atoms with Crippen molar-refractivity contribution in [1.82, 2.24) is 4.90 Å². The van der Waals surface area contributed by atoms with Gasteiger partial charge in [-0.15, -0.1) is 0 Å². The molecule has 1 unspecified atom stereocenters. The molecule has 5 heteroatoms. The monoisotopic (exact) mass is 286 g/mol. The number of carbonyl (C=O) groups is 2. The highest BCUT2D eigenvalue weighted by molar-refractivity contribution is 5.95. The molecular formula is C16H18N2O3. The maximum atomic E-state index is 12.3. The second kappa shape index (κ2) is 6.91. The van der Waals surface area contributed by atoms with Crippen molar-refractivity contribution >= 4 is 11.8 Å². The summed E-state index contributed by atoms with van der Waals surface area (Å²) in [7, 11) is 0. The lowest BCUT2D eigenvalue weighted by Gasteiger charge is -2.15. The summed E-state index contributed by atoms with van der Waals surface area (Å²) in [5.74, 6) is 5.06. The topological polar surface area (TPSA) is 83.6 Å². The Bertz CT molecular complexity index is 584. The number of carbonyl (C=O) groups excluding carboxylic acids is 2. The van der Waals surface area contributed by atoms with E-state index in [-0.39, 0.29) is 24.3 Å². The quantitative estimate of drug-likeness (QED) is 0.787. The standard InChI is InChI=1S/C16H18N2O3/c17-15(20)14-8-9-18(11-14)16(21)13-6-4-12(5-7-13)3-1-2-10-19/h4-7,14,19H,2,8-11H2,(H2,17,20). The van der Waals surface area contributed by atoms with E-state index in [0.717, 1.165) is 5.56 Å². The first-order valence-electron chi connectivity index (χ1n) is 6.90. The summed E-state index contributed by atoms with van der Waals surface area (Å²) in [6.07, 6.45) is 1.06. The summed E-state index contributed by atoms with van der Waals surface area (Å²) >= 11 is 0. The van der Waals surface area contributed by atoms with Crippen molar-refractivity contribution < 1.29 is 14.7 Å². The Morgan fingerprint density at radius 2 is 2.05 bits per heavy atom. The van der Waals surface area contributed by atoms with Gasteiger partial charge in [-0.3, -0.25) is 9.59 Å². The highest BCUT2D eigenvalue weighted by atomic mass is 16.2. The maximum absolute atomic E-state index is 12.3. The van der Waals surface area contributed by atoms with Gasteiger partial charge in [0, 0.05) is 30.6 Å². The van der Waals surface area contributed by atoms with Crippen molar-refractivity contribution in [2.24, 2.45) is 11.7 Å². The van der Waals surface area contributed by atoms with Crippen LogP contribution in [0.1, 0.15) is 28.8 Å². The summed E-state index contributed by atoms with van der Waals surface area (Å²) in [5.41, 5.74) is 6.65. The molecule has 1 aliphatic heterocycles. The van der Waals surface area contributed by atoms with Gasteiger partial charge in [0.1, 0.15) is 0 Å². The van der Waals surface area contributed by atoms with Crippen molar-refractivity contribution in [2.45, 2.75) is 12.8 Å². The SMILES string of the molecule is NC(=O)C1CCN(C(=O)c2ccc(C#CCCO)cc2)C1. The van der Waals surface area contributed by atoms with Crippen molar-refractivity contribution in [3.05, 3.63) is 35.4 Å². The number of nitrogens with two attached hydrogens (primary N) is 1. The molecule has 0 radical (unpaired) electrons. The van der Waals surface area contributed by atoms with Gasteiger partial charge in [0.15, 0.2) is 0 Å². The number of aliphatic hydroxyl groups is 1. The Balaban J connectivity index is 2.01. The van der Waals surface area contributed by atoms with Gasteiger partial charge in [-0.1, -0.05) is 11.8 Å². The number of primary amides is 1. The minimum Gasteiger partial charge on any atom is -0.395 e. The van der Waals surface area contributed by atoms with Crippen LogP contribution in [0.4, 0.5) is 0 Å². The largest absolute Gasteiger partial charge is 0.395 e. The molecule has 0 aromatic heterocycles. The van der Waals surface area contributed by atoms with Crippen LogP contribution in [0.25, 0.3) is 0 Å².